The summed E-state index contributed by atoms with van der Waals surface area (Å²) in [7, 11) is 0. The molecule has 0 bridgehead atoms. The molecular weight excluding hydrogens is 248 g/mol. The number of ether oxygens (including phenoxy) is 1. The van der Waals surface area contributed by atoms with Crippen molar-refractivity contribution >= 4 is 5.69 Å². The normalized spacial score (nSPS) is 22.5. The van der Waals surface area contributed by atoms with Gasteiger partial charge >= 0.3 is 0 Å². The largest absolute Gasteiger partial charge is 0.494 e. The zero-order valence-electron chi connectivity index (χ0n) is 12.6. The van der Waals surface area contributed by atoms with E-state index in [9.17, 15) is 0 Å². The molecular formula is C17H28N2O. The minimum absolute atomic E-state index is 0.436. The quantitative estimate of drug-likeness (QED) is 0.745. The minimum Gasteiger partial charge on any atom is -0.494 e. The van der Waals surface area contributed by atoms with E-state index in [1.807, 2.05) is 0 Å². The topological polar surface area (TPSA) is 47.3 Å². The molecule has 0 atom stereocenters. The summed E-state index contributed by atoms with van der Waals surface area (Å²) in [6.45, 7) is 4.04. The Morgan fingerprint density at radius 2 is 1.85 bits per heavy atom. The molecule has 1 fully saturated rings. The summed E-state index contributed by atoms with van der Waals surface area (Å²) in [6, 6.07) is 8.75. The maximum Gasteiger partial charge on any atom is 0.119 e. The average molecular weight is 276 g/mol. The lowest BCUT2D eigenvalue weighted by atomic mass is 9.86. The molecule has 3 heteroatoms. The van der Waals surface area contributed by atoms with Crippen LogP contribution >= 0.6 is 0 Å². The van der Waals surface area contributed by atoms with Gasteiger partial charge in [-0.25, -0.2) is 0 Å². The highest BCUT2D eigenvalue weighted by atomic mass is 16.5. The molecule has 0 spiro atoms. The lowest BCUT2D eigenvalue weighted by Crippen LogP contribution is -2.29. The van der Waals surface area contributed by atoms with Gasteiger partial charge in [0.1, 0.15) is 5.75 Å². The molecule has 1 aliphatic rings. The third kappa shape index (κ3) is 5.04. The molecule has 3 nitrogen and oxygen atoms in total. The number of rotatable bonds is 7. The van der Waals surface area contributed by atoms with Crippen LogP contribution in [-0.2, 0) is 0 Å². The SMILES string of the molecule is CCCCOc1ccc(NCC2CCC(N)CC2)cc1. The summed E-state index contributed by atoms with van der Waals surface area (Å²) in [4.78, 5) is 0. The second-order valence-corrected chi connectivity index (χ2v) is 5.89. The van der Waals surface area contributed by atoms with Crippen LogP contribution in [-0.4, -0.2) is 19.2 Å². The molecule has 1 aromatic rings. The van der Waals surface area contributed by atoms with Gasteiger partial charge in [-0.2, -0.15) is 0 Å². The Morgan fingerprint density at radius 3 is 2.50 bits per heavy atom. The van der Waals surface area contributed by atoms with Crippen LogP contribution in [0.5, 0.6) is 5.75 Å². The molecule has 0 radical (unpaired) electrons. The molecule has 1 saturated carbocycles. The molecule has 3 N–H and O–H groups in total. The van der Waals surface area contributed by atoms with E-state index >= 15 is 0 Å². The molecule has 0 unspecified atom stereocenters. The van der Waals surface area contributed by atoms with Crippen LogP contribution in [0.25, 0.3) is 0 Å². The van der Waals surface area contributed by atoms with Gasteiger partial charge in [-0.15, -0.1) is 0 Å². The Hall–Kier alpha value is -1.22. The first-order valence-corrected chi connectivity index (χ1v) is 8.00. The second-order valence-electron chi connectivity index (χ2n) is 5.89. The van der Waals surface area contributed by atoms with Crippen molar-refractivity contribution in [1.82, 2.24) is 0 Å². The van der Waals surface area contributed by atoms with E-state index in [1.54, 1.807) is 0 Å². The number of nitrogens with one attached hydrogen (secondary N) is 1. The van der Waals surface area contributed by atoms with Crippen molar-refractivity contribution in [2.75, 3.05) is 18.5 Å². The van der Waals surface area contributed by atoms with Crippen LogP contribution in [0, 0.1) is 5.92 Å². The van der Waals surface area contributed by atoms with Crippen molar-refractivity contribution in [1.29, 1.82) is 0 Å². The summed E-state index contributed by atoms with van der Waals surface area (Å²) in [5, 5.41) is 3.53. The summed E-state index contributed by atoms with van der Waals surface area (Å²) in [5.41, 5.74) is 7.12. The van der Waals surface area contributed by atoms with Gasteiger partial charge in [0.15, 0.2) is 0 Å². The van der Waals surface area contributed by atoms with Gasteiger partial charge in [0, 0.05) is 18.3 Å². The molecule has 2 rings (SSSR count). The Labute approximate surface area is 122 Å². The number of hydrogen-bond acceptors (Lipinski definition) is 3. The Balaban J connectivity index is 1.70. The van der Waals surface area contributed by atoms with E-state index in [1.165, 1.54) is 37.8 Å². The lowest BCUT2D eigenvalue weighted by molar-refractivity contribution is 0.309. The molecule has 112 valence electrons. The number of hydrogen-bond donors (Lipinski definition) is 2. The summed E-state index contributed by atoms with van der Waals surface area (Å²) < 4.78 is 5.67. The predicted octanol–water partition coefficient (Wildman–Crippen LogP) is 3.79. The Kier molecular flexibility index (Phi) is 6.19. The molecule has 0 aliphatic heterocycles. The van der Waals surface area contributed by atoms with Crippen LogP contribution in [0.15, 0.2) is 24.3 Å². The number of nitrogens with two attached hydrogens (primary N) is 1. The number of anilines is 1. The van der Waals surface area contributed by atoms with Gasteiger partial charge < -0.3 is 15.8 Å². The van der Waals surface area contributed by atoms with E-state index in [4.69, 9.17) is 10.5 Å². The van der Waals surface area contributed by atoms with Gasteiger partial charge in [0.25, 0.3) is 0 Å². The zero-order valence-corrected chi connectivity index (χ0v) is 12.6. The van der Waals surface area contributed by atoms with Crippen LogP contribution < -0.4 is 15.8 Å². The maximum absolute atomic E-state index is 5.94. The number of unbranched alkanes of at least 4 members (excludes halogenated alkanes) is 1. The summed E-state index contributed by atoms with van der Waals surface area (Å²) in [6.07, 6.45) is 7.15. The van der Waals surface area contributed by atoms with Gasteiger partial charge in [-0.1, -0.05) is 13.3 Å². The summed E-state index contributed by atoms with van der Waals surface area (Å²) in [5.74, 6) is 1.74. The fourth-order valence-corrected chi connectivity index (χ4v) is 2.66. The average Bonchev–Trinajstić information content (AvgIpc) is 2.48. The molecule has 0 amide bonds. The molecule has 0 saturated heterocycles. The highest BCUT2D eigenvalue weighted by molar-refractivity contribution is 5.46. The fraction of sp³-hybridized carbons (Fsp3) is 0.647. The van der Waals surface area contributed by atoms with Crippen molar-refractivity contribution in [3.63, 3.8) is 0 Å². The van der Waals surface area contributed by atoms with Gasteiger partial charge in [0.05, 0.1) is 6.61 Å². The third-order valence-corrected chi connectivity index (χ3v) is 4.11. The number of benzene rings is 1. The first-order chi connectivity index (χ1) is 9.78. The molecule has 1 aliphatic carbocycles. The van der Waals surface area contributed by atoms with Gasteiger partial charge in [-0.05, 0) is 62.3 Å². The van der Waals surface area contributed by atoms with E-state index in [0.717, 1.165) is 31.2 Å². The zero-order chi connectivity index (χ0) is 14.2. The fourth-order valence-electron chi connectivity index (χ4n) is 2.66. The molecule has 1 aromatic carbocycles. The second kappa shape index (κ2) is 8.15. The van der Waals surface area contributed by atoms with E-state index in [2.05, 4.69) is 36.5 Å². The first kappa shape index (κ1) is 15.2. The van der Waals surface area contributed by atoms with Crippen molar-refractivity contribution in [3.8, 4) is 5.75 Å². The molecule has 0 aromatic heterocycles. The van der Waals surface area contributed by atoms with Gasteiger partial charge in [-0.3, -0.25) is 0 Å². The predicted molar refractivity (Wildman–Crippen MR) is 85.3 cm³/mol. The van der Waals surface area contributed by atoms with E-state index in [0.29, 0.717) is 6.04 Å². The highest BCUT2D eigenvalue weighted by Crippen LogP contribution is 2.24. The standard InChI is InChI=1S/C17H28N2O/c1-2-3-12-20-17-10-8-16(9-11-17)19-13-14-4-6-15(18)7-5-14/h8-11,14-15,19H,2-7,12-13,18H2,1H3. The highest BCUT2D eigenvalue weighted by Gasteiger charge is 2.17. The van der Waals surface area contributed by atoms with Crippen molar-refractivity contribution in [2.24, 2.45) is 11.7 Å². The van der Waals surface area contributed by atoms with Crippen LogP contribution in [0.3, 0.4) is 0 Å². The summed E-state index contributed by atoms with van der Waals surface area (Å²) >= 11 is 0. The minimum atomic E-state index is 0.436. The van der Waals surface area contributed by atoms with E-state index in [-0.39, 0.29) is 0 Å². The van der Waals surface area contributed by atoms with Crippen molar-refractivity contribution in [3.05, 3.63) is 24.3 Å². The van der Waals surface area contributed by atoms with Crippen LogP contribution in [0.2, 0.25) is 0 Å². The molecule has 20 heavy (non-hydrogen) atoms. The monoisotopic (exact) mass is 276 g/mol. The van der Waals surface area contributed by atoms with Crippen LogP contribution in [0.1, 0.15) is 45.4 Å². The lowest BCUT2D eigenvalue weighted by Gasteiger charge is -2.26. The van der Waals surface area contributed by atoms with Gasteiger partial charge in [0.2, 0.25) is 0 Å². The smallest absolute Gasteiger partial charge is 0.119 e. The third-order valence-electron chi connectivity index (χ3n) is 4.11. The molecule has 0 heterocycles. The van der Waals surface area contributed by atoms with Crippen molar-refractivity contribution < 1.29 is 4.74 Å². The Bertz CT molecular complexity index is 369. The maximum atomic E-state index is 5.94. The van der Waals surface area contributed by atoms with E-state index < -0.39 is 0 Å². The van der Waals surface area contributed by atoms with Crippen LogP contribution in [0.4, 0.5) is 5.69 Å². The van der Waals surface area contributed by atoms with Crippen molar-refractivity contribution in [2.45, 2.75) is 51.5 Å². The Morgan fingerprint density at radius 1 is 1.15 bits per heavy atom. The first-order valence-electron chi connectivity index (χ1n) is 8.00.